The predicted molar refractivity (Wildman–Crippen MR) is 52.5 cm³/mol. The molecule has 0 spiro atoms. The van der Waals surface area contributed by atoms with Crippen LogP contribution in [0.2, 0.25) is 0 Å². The predicted octanol–water partition coefficient (Wildman–Crippen LogP) is 0.480. The van der Waals surface area contributed by atoms with Gasteiger partial charge in [0, 0.05) is 18.8 Å². The van der Waals surface area contributed by atoms with Crippen LogP contribution < -0.4 is 5.32 Å². The molecule has 4 heteroatoms. The van der Waals surface area contributed by atoms with Crippen LogP contribution in [0.1, 0.15) is 25.0 Å². The number of hydrogen-bond acceptors (Lipinski definition) is 4. The summed E-state index contributed by atoms with van der Waals surface area (Å²) >= 11 is 0. The maximum Gasteiger partial charge on any atom is 0.0769 e. The first-order valence-electron chi connectivity index (χ1n) is 5.04. The Hall–Kier alpha value is -1.00. The molecule has 0 bridgehead atoms. The summed E-state index contributed by atoms with van der Waals surface area (Å²) in [6.45, 7) is 0.690. The quantitative estimate of drug-likeness (QED) is 0.733. The number of aliphatic hydroxyl groups excluding tert-OH is 1. The minimum Gasteiger partial charge on any atom is -0.392 e. The molecule has 0 aliphatic heterocycles. The Morgan fingerprint density at radius 3 is 3.07 bits per heavy atom. The Balaban J connectivity index is 1.82. The van der Waals surface area contributed by atoms with E-state index in [4.69, 9.17) is 0 Å². The summed E-state index contributed by atoms with van der Waals surface area (Å²) in [5, 5.41) is 20.6. The largest absolute Gasteiger partial charge is 0.392 e. The average molecular weight is 193 g/mol. The van der Waals surface area contributed by atoms with Gasteiger partial charge >= 0.3 is 0 Å². The van der Waals surface area contributed by atoms with Gasteiger partial charge in [0.05, 0.1) is 11.8 Å². The second kappa shape index (κ2) is 4.48. The number of nitrogens with zero attached hydrogens (tertiary/aromatic N) is 2. The Kier molecular flexibility index (Phi) is 3.06. The number of hydrogen-bond donors (Lipinski definition) is 2. The topological polar surface area (TPSA) is 58.0 Å². The van der Waals surface area contributed by atoms with E-state index in [-0.39, 0.29) is 12.1 Å². The molecule has 76 valence electrons. The first-order chi connectivity index (χ1) is 6.86. The summed E-state index contributed by atoms with van der Waals surface area (Å²) in [6, 6.07) is 4.04. The highest BCUT2D eigenvalue weighted by atomic mass is 16.3. The zero-order chi connectivity index (χ0) is 9.80. The van der Waals surface area contributed by atoms with Crippen molar-refractivity contribution < 1.29 is 5.11 Å². The van der Waals surface area contributed by atoms with E-state index < -0.39 is 0 Å². The van der Waals surface area contributed by atoms with Crippen LogP contribution in [0.5, 0.6) is 0 Å². The zero-order valence-corrected chi connectivity index (χ0v) is 8.06. The number of nitrogens with one attached hydrogen (secondary N) is 1. The van der Waals surface area contributed by atoms with Crippen molar-refractivity contribution in [2.24, 2.45) is 0 Å². The minimum absolute atomic E-state index is 0.188. The Morgan fingerprint density at radius 1 is 1.50 bits per heavy atom. The van der Waals surface area contributed by atoms with Gasteiger partial charge in [-0.2, -0.15) is 10.2 Å². The van der Waals surface area contributed by atoms with E-state index in [1.807, 2.05) is 12.1 Å². The molecule has 1 heterocycles. The lowest BCUT2D eigenvalue weighted by Crippen LogP contribution is -2.35. The Bertz CT molecular complexity index is 278. The minimum atomic E-state index is -0.188. The fourth-order valence-electron chi connectivity index (χ4n) is 1.84. The van der Waals surface area contributed by atoms with E-state index in [9.17, 15) is 5.11 Å². The van der Waals surface area contributed by atoms with Gasteiger partial charge in [-0.15, -0.1) is 0 Å². The molecule has 1 fully saturated rings. The molecule has 2 rings (SSSR count). The summed E-state index contributed by atoms with van der Waals surface area (Å²) < 4.78 is 0. The molecule has 0 radical (unpaired) electrons. The van der Waals surface area contributed by atoms with E-state index in [1.165, 1.54) is 0 Å². The maximum atomic E-state index is 9.57. The van der Waals surface area contributed by atoms with Crippen LogP contribution in [-0.2, 0) is 6.54 Å². The van der Waals surface area contributed by atoms with Crippen LogP contribution >= 0.6 is 0 Å². The summed E-state index contributed by atoms with van der Waals surface area (Å²) in [6.07, 6.45) is 4.55. The average Bonchev–Trinajstić information content (AvgIpc) is 2.63. The van der Waals surface area contributed by atoms with Gasteiger partial charge in [-0.3, -0.25) is 0 Å². The third-order valence-electron chi connectivity index (χ3n) is 2.65. The van der Waals surface area contributed by atoms with Crippen molar-refractivity contribution in [3.63, 3.8) is 0 Å². The molecule has 2 unspecified atom stereocenters. The molecule has 1 aromatic heterocycles. The second-order valence-electron chi connectivity index (χ2n) is 3.70. The molecule has 2 N–H and O–H groups in total. The van der Waals surface area contributed by atoms with E-state index >= 15 is 0 Å². The first-order valence-corrected chi connectivity index (χ1v) is 5.04. The normalized spacial score (nSPS) is 26.6. The third-order valence-corrected chi connectivity index (χ3v) is 2.65. The van der Waals surface area contributed by atoms with Gasteiger partial charge in [0.2, 0.25) is 0 Å². The summed E-state index contributed by atoms with van der Waals surface area (Å²) in [5.41, 5.74) is 0.923. The van der Waals surface area contributed by atoms with Gasteiger partial charge in [0.25, 0.3) is 0 Å². The van der Waals surface area contributed by atoms with Crippen LogP contribution in [-0.4, -0.2) is 27.4 Å². The summed E-state index contributed by atoms with van der Waals surface area (Å²) in [7, 11) is 0. The van der Waals surface area contributed by atoms with Crippen molar-refractivity contribution in [2.75, 3.05) is 0 Å². The van der Waals surface area contributed by atoms with Crippen LogP contribution in [0, 0.1) is 0 Å². The SMILES string of the molecule is OC1CCCC1NCc1cccnn1. The van der Waals surface area contributed by atoms with Crippen molar-refractivity contribution in [1.82, 2.24) is 15.5 Å². The molecule has 1 saturated carbocycles. The highest BCUT2D eigenvalue weighted by Crippen LogP contribution is 2.18. The van der Waals surface area contributed by atoms with Gasteiger partial charge in [0.15, 0.2) is 0 Å². The Morgan fingerprint density at radius 2 is 2.43 bits per heavy atom. The van der Waals surface area contributed by atoms with Crippen LogP contribution in [0.3, 0.4) is 0 Å². The maximum absolute atomic E-state index is 9.57. The fraction of sp³-hybridized carbons (Fsp3) is 0.600. The lowest BCUT2D eigenvalue weighted by atomic mass is 10.2. The lowest BCUT2D eigenvalue weighted by molar-refractivity contribution is 0.148. The molecule has 2 atom stereocenters. The molecule has 1 aromatic rings. The standard InChI is InChI=1S/C10H15N3O/c14-10-5-1-4-9(10)11-7-8-3-2-6-12-13-8/h2-3,6,9-11,14H,1,4-5,7H2. The molecule has 0 aromatic carbocycles. The molecule has 14 heavy (non-hydrogen) atoms. The van der Waals surface area contributed by atoms with Gasteiger partial charge in [0.1, 0.15) is 0 Å². The lowest BCUT2D eigenvalue weighted by Gasteiger charge is -2.15. The molecule has 1 aliphatic rings. The first kappa shape index (κ1) is 9.55. The highest BCUT2D eigenvalue weighted by molar-refractivity contribution is 4.99. The number of aliphatic hydroxyl groups is 1. The van der Waals surface area contributed by atoms with Crippen molar-refractivity contribution in [2.45, 2.75) is 38.0 Å². The Labute approximate surface area is 83.4 Å². The monoisotopic (exact) mass is 193 g/mol. The molecule has 0 amide bonds. The zero-order valence-electron chi connectivity index (χ0n) is 8.06. The number of aromatic nitrogens is 2. The molecular formula is C10H15N3O. The van der Waals surface area contributed by atoms with Crippen molar-refractivity contribution in [1.29, 1.82) is 0 Å². The van der Waals surface area contributed by atoms with Crippen LogP contribution in [0.25, 0.3) is 0 Å². The smallest absolute Gasteiger partial charge is 0.0769 e. The second-order valence-corrected chi connectivity index (χ2v) is 3.70. The van der Waals surface area contributed by atoms with Crippen molar-refractivity contribution in [3.8, 4) is 0 Å². The highest BCUT2D eigenvalue weighted by Gasteiger charge is 2.24. The van der Waals surface area contributed by atoms with Gasteiger partial charge in [-0.25, -0.2) is 0 Å². The van der Waals surface area contributed by atoms with E-state index in [2.05, 4.69) is 15.5 Å². The fourth-order valence-corrected chi connectivity index (χ4v) is 1.84. The third kappa shape index (κ3) is 2.27. The molecule has 4 nitrogen and oxygen atoms in total. The van der Waals surface area contributed by atoms with E-state index in [0.717, 1.165) is 25.0 Å². The summed E-state index contributed by atoms with van der Waals surface area (Å²) in [5.74, 6) is 0. The molecular weight excluding hydrogens is 178 g/mol. The van der Waals surface area contributed by atoms with Gasteiger partial charge in [-0.05, 0) is 31.4 Å². The van der Waals surface area contributed by atoms with E-state index in [0.29, 0.717) is 6.54 Å². The van der Waals surface area contributed by atoms with Crippen molar-refractivity contribution >= 4 is 0 Å². The van der Waals surface area contributed by atoms with Gasteiger partial charge in [-0.1, -0.05) is 0 Å². The van der Waals surface area contributed by atoms with Crippen molar-refractivity contribution in [3.05, 3.63) is 24.0 Å². The van der Waals surface area contributed by atoms with Crippen LogP contribution in [0.4, 0.5) is 0 Å². The van der Waals surface area contributed by atoms with Gasteiger partial charge < -0.3 is 10.4 Å². The van der Waals surface area contributed by atoms with E-state index in [1.54, 1.807) is 6.20 Å². The summed E-state index contributed by atoms with van der Waals surface area (Å²) in [4.78, 5) is 0. The number of rotatable bonds is 3. The molecule has 1 aliphatic carbocycles. The van der Waals surface area contributed by atoms with Crippen LogP contribution in [0.15, 0.2) is 18.3 Å². The molecule has 0 saturated heterocycles.